The minimum Gasteiger partial charge on any atom is -0.506 e. The number of hydrogen-bond donors (Lipinski definition) is 2. The van der Waals surface area contributed by atoms with E-state index in [1.54, 1.807) is 6.07 Å². The molecule has 0 bridgehead atoms. The van der Waals surface area contributed by atoms with Crippen LogP contribution in [0.2, 0.25) is 0 Å². The molecule has 0 aliphatic carbocycles. The molecule has 1 aliphatic rings. The number of rotatable bonds is 1. The van der Waals surface area contributed by atoms with Gasteiger partial charge in [-0.3, -0.25) is 0 Å². The fourth-order valence-corrected chi connectivity index (χ4v) is 2.29. The molecule has 1 aromatic carbocycles. The van der Waals surface area contributed by atoms with Gasteiger partial charge >= 0.3 is 0 Å². The second kappa shape index (κ2) is 2.51. The Morgan fingerprint density at radius 2 is 2.21 bits per heavy atom. The van der Waals surface area contributed by atoms with Crippen LogP contribution in [0.5, 0.6) is 5.75 Å². The molecule has 0 atom stereocenters. The number of nitrogens with two attached hydrogens (primary N) is 1. The van der Waals surface area contributed by atoms with Gasteiger partial charge in [-0.15, -0.1) is 0 Å². The van der Waals surface area contributed by atoms with Gasteiger partial charge in [0.25, 0.3) is 0 Å². The summed E-state index contributed by atoms with van der Waals surface area (Å²) in [6, 6.07) is 3.77. The highest BCUT2D eigenvalue weighted by molar-refractivity contribution is 7.22. The van der Waals surface area contributed by atoms with Crippen molar-refractivity contribution >= 4 is 32.4 Å². The van der Waals surface area contributed by atoms with Crippen molar-refractivity contribution in [2.45, 2.75) is 0 Å². The first-order valence-corrected chi connectivity index (χ1v) is 5.20. The maximum Gasteiger partial charge on any atom is 0.181 e. The third-order valence-corrected chi connectivity index (χ3v) is 3.12. The molecule has 1 aliphatic heterocycles. The number of nitrogens with zero attached hydrogens (tertiary/aromatic N) is 2. The molecular weight excluding hydrogens is 198 g/mol. The Balaban J connectivity index is 2.26. The third-order valence-electron chi connectivity index (χ3n) is 2.29. The van der Waals surface area contributed by atoms with E-state index in [9.17, 15) is 5.11 Å². The lowest BCUT2D eigenvalue weighted by molar-refractivity contribution is 0.481. The Bertz CT molecular complexity index is 504. The Labute approximate surface area is 84.6 Å². The summed E-state index contributed by atoms with van der Waals surface area (Å²) in [4.78, 5) is 6.24. The van der Waals surface area contributed by atoms with E-state index >= 15 is 0 Å². The van der Waals surface area contributed by atoms with Crippen LogP contribution in [-0.4, -0.2) is 23.2 Å². The van der Waals surface area contributed by atoms with Crippen molar-refractivity contribution in [3.05, 3.63) is 12.1 Å². The lowest BCUT2D eigenvalue weighted by Gasteiger charge is -2.02. The average molecular weight is 207 g/mol. The molecule has 72 valence electrons. The molecule has 1 saturated heterocycles. The first kappa shape index (κ1) is 7.87. The zero-order valence-corrected chi connectivity index (χ0v) is 8.21. The lowest BCUT2D eigenvalue weighted by atomic mass is 10.3. The summed E-state index contributed by atoms with van der Waals surface area (Å²) in [5.74, 6) is 0.220. The minimum atomic E-state index is 0.220. The van der Waals surface area contributed by atoms with Crippen LogP contribution in [0.15, 0.2) is 12.1 Å². The molecule has 14 heavy (non-hydrogen) atoms. The fraction of sp³-hybridized carbons (Fsp3) is 0.222. The van der Waals surface area contributed by atoms with Crippen molar-refractivity contribution in [1.82, 2.24) is 4.98 Å². The summed E-state index contributed by atoms with van der Waals surface area (Å²) in [6.07, 6.45) is 0. The normalized spacial score (nSPS) is 15.0. The molecule has 3 rings (SSSR count). The largest absolute Gasteiger partial charge is 0.506 e. The number of hydrogen-bond acceptors (Lipinski definition) is 5. The van der Waals surface area contributed by atoms with Crippen molar-refractivity contribution in [2.24, 2.45) is 0 Å². The number of phenolic OH excluding ortho intramolecular Hbond substituents is 1. The number of benzene rings is 1. The van der Waals surface area contributed by atoms with E-state index in [-0.39, 0.29) is 5.75 Å². The smallest absolute Gasteiger partial charge is 0.181 e. The van der Waals surface area contributed by atoms with Crippen LogP contribution in [0.1, 0.15) is 0 Å². The van der Waals surface area contributed by atoms with Gasteiger partial charge in [0.1, 0.15) is 11.3 Å². The number of fused-ring (bicyclic) bond motifs is 1. The summed E-state index contributed by atoms with van der Waals surface area (Å²) in [6.45, 7) is 2.14. The maximum absolute atomic E-state index is 9.70. The van der Waals surface area contributed by atoms with Crippen molar-refractivity contribution in [3.63, 3.8) is 0 Å². The van der Waals surface area contributed by atoms with E-state index in [1.807, 2.05) is 6.07 Å². The second-order valence-electron chi connectivity index (χ2n) is 3.35. The van der Waals surface area contributed by atoms with E-state index in [2.05, 4.69) is 9.88 Å². The van der Waals surface area contributed by atoms with Gasteiger partial charge in [-0.05, 0) is 6.07 Å². The second-order valence-corrected chi connectivity index (χ2v) is 4.41. The van der Waals surface area contributed by atoms with E-state index in [0.29, 0.717) is 10.6 Å². The molecule has 1 fully saturated rings. The SMILES string of the molecule is Nc1nc2c(O)cc(N3CC3)cc2s1. The monoisotopic (exact) mass is 207 g/mol. The molecule has 4 nitrogen and oxygen atoms in total. The summed E-state index contributed by atoms with van der Waals surface area (Å²) in [5.41, 5.74) is 7.25. The van der Waals surface area contributed by atoms with Crippen molar-refractivity contribution in [1.29, 1.82) is 0 Å². The highest BCUT2D eigenvalue weighted by Crippen LogP contribution is 2.36. The van der Waals surface area contributed by atoms with Crippen LogP contribution in [-0.2, 0) is 0 Å². The lowest BCUT2D eigenvalue weighted by Crippen LogP contribution is -1.89. The molecule has 2 heterocycles. The molecule has 0 unspecified atom stereocenters. The van der Waals surface area contributed by atoms with Gasteiger partial charge in [0.15, 0.2) is 5.13 Å². The number of phenols is 1. The number of nitrogen functional groups attached to an aromatic ring is 1. The zero-order chi connectivity index (χ0) is 9.71. The summed E-state index contributed by atoms with van der Waals surface area (Å²) in [7, 11) is 0. The molecule has 2 aromatic rings. The van der Waals surface area contributed by atoms with Gasteiger partial charge in [-0.25, -0.2) is 4.98 Å². The summed E-state index contributed by atoms with van der Waals surface area (Å²) in [5, 5.41) is 10.2. The maximum atomic E-state index is 9.70. The quantitative estimate of drug-likeness (QED) is 0.694. The van der Waals surface area contributed by atoms with Gasteiger partial charge in [-0.1, -0.05) is 11.3 Å². The van der Waals surface area contributed by atoms with Gasteiger partial charge in [-0.2, -0.15) is 0 Å². The molecule has 3 N–H and O–H groups in total. The van der Waals surface area contributed by atoms with Crippen LogP contribution in [0, 0.1) is 0 Å². The van der Waals surface area contributed by atoms with Gasteiger partial charge in [0, 0.05) is 24.8 Å². The van der Waals surface area contributed by atoms with Gasteiger partial charge in [0.05, 0.1) is 4.70 Å². The van der Waals surface area contributed by atoms with E-state index in [1.165, 1.54) is 11.3 Å². The molecule has 0 amide bonds. The Hall–Kier alpha value is -1.49. The number of anilines is 2. The van der Waals surface area contributed by atoms with Crippen molar-refractivity contribution in [3.8, 4) is 5.75 Å². The van der Waals surface area contributed by atoms with Crippen LogP contribution < -0.4 is 10.6 Å². The van der Waals surface area contributed by atoms with Crippen LogP contribution in [0.25, 0.3) is 10.2 Å². The van der Waals surface area contributed by atoms with Crippen molar-refractivity contribution in [2.75, 3.05) is 23.7 Å². The minimum absolute atomic E-state index is 0.220. The summed E-state index contributed by atoms with van der Waals surface area (Å²) < 4.78 is 0.949. The Morgan fingerprint density at radius 1 is 1.43 bits per heavy atom. The third kappa shape index (κ3) is 1.09. The number of aromatic nitrogens is 1. The van der Waals surface area contributed by atoms with Crippen LogP contribution in [0.4, 0.5) is 10.8 Å². The molecule has 0 radical (unpaired) electrons. The predicted octanol–water partition coefficient (Wildman–Crippen LogP) is 1.40. The Morgan fingerprint density at radius 3 is 2.93 bits per heavy atom. The zero-order valence-electron chi connectivity index (χ0n) is 7.40. The van der Waals surface area contributed by atoms with E-state index in [4.69, 9.17) is 5.73 Å². The fourth-order valence-electron chi connectivity index (χ4n) is 1.51. The standard InChI is InChI=1S/C9H9N3OS/c10-9-11-8-6(13)3-5(12-1-2-12)4-7(8)14-9/h3-4,13H,1-2H2,(H2,10,11). The van der Waals surface area contributed by atoms with E-state index < -0.39 is 0 Å². The Kier molecular flexibility index (Phi) is 1.41. The van der Waals surface area contributed by atoms with Crippen LogP contribution >= 0.6 is 11.3 Å². The average Bonchev–Trinajstić information content (AvgIpc) is 2.89. The molecule has 0 spiro atoms. The van der Waals surface area contributed by atoms with Crippen molar-refractivity contribution < 1.29 is 5.11 Å². The first-order valence-electron chi connectivity index (χ1n) is 4.38. The van der Waals surface area contributed by atoms with Gasteiger partial charge < -0.3 is 15.7 Å². The predicted molar refractivity (Wildman–Crippen MR) is 57.9 cm³/mol. The number of aromatic hydroxyl groups is 1. The van der Waals surface area contributed by atoms with Gasteiger partial charge in [0.2, 0.25) is 0 Å². The summed E-state index contributed by atoms with van der Waals surface area (Å²) >= 11 is 1.41. The molecule has 1 aromatic heterocycles. The molecule has 5 heteroatoms. The topological polar surface area (TPSA) is 62.1 Å². The number of thiazole rings is 1. The highest BCUT2D eigenvalue weighted by Gasteiger charge is 2.20. The highest BCUT2D eigenvalue weighted by atomic mass is 32.1. The first-order chi connectivity index (χ1) is 6.74. The molecule has 0 saturated carbocycles. The van der Waals surface area contributed by atoms with E-state index in [0.717, 1.165) is 23.5 Å². The molecular formula is C9H9N3OS. The van der Waals surface area contributed by atoms with Crippen LogP contribution in [0.3, 0.4) is 0 Å².